The molecule has 0 amide bonds. The van der Waals surface area contributed by atoms with E-state index in [1.807, 2.05) is 29.0 Å². The molecule has 0 aliphatic rings. The van der Waals surface area contributed by atoms with E-state index in [4.69, 9.17) is 13.9 Å². The third-order valence-corrected chi connectivity index (χ3v) is 4.02. The summed E-state index contributed by atoms with van der Waals surface area (Å²) >= 11 is 0. The average molecular weight is 336 g/mol. The van der Waals surface area contributed by atoms with Crippen molar-refractivity contribution in [2.24, 2.45) is 0 Å². The summed E-state index contributed by atoms with van der Waals surface area (Å²) in [6.45, 7) is 0.594. The summed E-state index contributed by atoms with van der Waals surface area (Å²) in [7, 11) is 1.54. The number of ether oxygens (including phenoxy) is 2. The first kappa shape index (κ1) is 15.4. The van der Waals surface area contributed by atoms with Crippen LogP contribution < -0.4 is 10.2 Å². The maximum atomic E-state index is 13.1. The van der Waals surface area contributed by atoms with Crippen molar-refractivity contribution in [1.82, 2.24) is 9.55 Å². The Bertz CT molecular complexity index is 1080. The monoisotopic (exact) mass is 336 g/mol. The van der Waals surface area contributed by atoms with Gasteiger partial charge in [0.2, 0.25) is 5.43 Å². The Morgan fingerprint density at radius 2 is 2.08 bits per heavy atom. The number of hydrogen-bond acceptors (Lipinski definition) is 5. The predicted molar refractivity (Wildman–Crippen MR) is 93.8 cm³/mol. The highest BCUT2D eigenvalue weighted by Gasteiger charge is 2.16. The lowest BCUT2D eigenvalue weighted by molar-refractivity contribution is 0.0515. The van der Waals surface area contributed by atoms with Crippen LogP contribution in [0.1, 0.15) is 5.56 Å². The Balaban J connectivity index is 2.00. The van der Waals surface area contributed by atoms with Gasteiger partial charge in [0, 0.05) is 26.0 Å². The zero-order valence-electron chi connectivity index (χ0n) is 13.6. The highest BCUT2D eigenvalue weighted by atomic mass is 16.7. The summed E-state index contributed by atoms with van der Waals surface area (Å²) in [6.07, 6.45) is 5.27. The Morgan fingerprint density at radius 1 is 1.20 bits per heavy atom. The number of para-hydroxylation sites is 1. The van der Waals surface area contributed by atoms with Crippen molar-refractivity contribution in [2.45, 2.75) is 6.54 Å². The number of rotatable bonds is 5. The molecule has 0 aliphatic heterocycles. The van der Waals surface area contributed by atoms with Crippen LogP contribution >= 0.6 is 0 Å². The summed E-state index contributed by atoms with van der Waals surface area (Å²) < 4.78 is 18.5. The smallest absolute Gasteiger partial charge is 0.201 e. The van der Waals surface area contributed by atoms with Gasteiger partial charge in [0.05, 0.1) is 17.1 Å². The minimum atomic E-state index is -0.0742. The van der Waals surface area contributed by atoms with Gasteiger partial charge in [-0.2, -0.15) is 0 Å². The second kappa shape index (κ2) is 6.41. The van der Waals surface area contributed by atoms with E-state index in [-0.39, 0.29) is 12.2 Å². The molecule has 4 rings (SSSR count). The molecule has 6 heteroatoms. The van der Waals surface area contributed by atoms with Gasteiger partial charge in [-0.1, -0.05) is 18.2 Å². The molecule has 0 saturated heterocycles. The Morgan fingerprint density at radius 3 is 2.88 bits per heavy atom. The van der Waals surface area contributed by atoms with Gasteiger partial charge in [0.1, 0.15) is 5.58 Å². The third kappa shape index (κ3) is 2.77. The summed E-state index contributed by atoms with van der Waals surface area (Å²) in [5, 5.41) is 1.06. The van der Waals surface area contributed by atoms with Crippen molar-refractivity contribution in [1.29, 1.82) is 0 Å². The van der Waals surface area contributed by atoms with Crippen molar-refractivity contribution in [3.8, 4) is 5.75 Å². The predicted octanol–water partition coefficient (Wildman–Crippen LogP) is 3.17. The van der Waals surface area contributed by atoms with E-state index in [0.717, 1.165) is 5.56 Å². The summed E-state index contributed by atoms with van der Waals surface area (Å²) in [4.78, 5) is 17.1. The normalized spacial score (nSPS) is 11.2. The van der Waals surface area contributed by atoms with Crippen LogP contribution in [0.4, 0.5) is 0 Å². The van der Waals surface area contributed by atoms with E-state index >= 15 is 0 Å². The zero-order chi connectivity index (χ0) is 17.2. The van der Waals surface area contributed by atoms with Crippen molar-refractivity contribution < 1.29 is 13.9 Å². The van der Waals surface area contributed by atoms with Gasteiger partial charge in [-0.15, -0.1) is 0 Å². The molecule has 126 valence electrons. The van der Waals surface area contributed by atoms with Crippen LogP contribution in [0.5, 0.6) is 5.75 Å². The summed E-state index contributed by atoms with van der Waals surface area (Å²) in [5.74, 6) is 0.481. The van der Waals surface area contributed by atoms with Gasteiger partial charge in [0.15, 0.2) is 18.1 Å². The van der Waals surface area contributed by atoms with Crippen molar-refractivity contribution >= 4 is 21.9 Å². The fourth-order valence-electron chi connectivity index (χ4n) is 2.89. The average Bonchev–Trinajstić information content (AvgIpc) is 3.14. The second-order valence-electron chi connectivity index (χ2n) is 5.64. The van der Waals surface area contributed by atoms with E-state index in [0.29, 0.717) is 34.2 Å². The maximum absolute atomic E-state index is 13.1. The number of fused-ring (bicyclic) bond motifs is 2. The molecule has 6 nitrogen and oxygen atoms in total. The van der Waals surface area contributed by atoms with Crippen molar-refractivity contribution in [2.75, 3.05) is 13.9 Å². The number of methoxy groups -OCH3 is 1. The van der Waals surface area contributed by atoms with Gasteiger partial charge >= 0.3 is 0 Å². The minimum absolute atomic E-state index is 0.0742. The SMILES string of the molecule is COCOc1ccc(Cn2ccnc2)c2c(=O)c3ccccc3oc12. The molecule has 2 aromatic heterocycles. The zero-order valence-corrected chi connectivity index (χ0v) is 13.6. The lowest BCUT2D eigenvalue weighted by Crippen LogP contribution is -2.09. The number of nitrogens with zero attached hydrogens (tertiary/aromatic N) is 2. The molecule has 0 atom stereocenters. The van der Waals surface area contributed by atoms with E-state index in [1.54, 1.807) is 37.8 Å². The van der Waals surface area contributed by atoms with Crippen LogP contribution in [0.15, 0.2) is 64.3 Å². The lowest BCUT2D eigenvalue weighted by atomic mass is 10.1. The first-order valence-electron chi connectivity index (χ1n) is 7.83. The van der Waals surface area contributed by atoms with Gasteiger partial charge in [-0.3, -0.25) is 4.79 Å². The van der Waals surface area contributed by atoms with Crippen LogP contribution in [0.2, 0.25) is 0 Å². The van der Waals surface area contributed by atoms with Crippen LogP contribution in [-0.2, 0) is 11.3 Å². The minimum Gasteiger partial charge on any atom is -0.464 e. The molecule has 0 fully saturated rings. The Kier molecular flexibility index (Phi) is 3.95. The largest absolute Gasteiger partial charge is 0.464 e. The molecule has 25 heavy (non-hydrogen) atoms. The Hall–Kier alpha value is -3.12. The molecule has 0 spiro atoms. The van der Waals surface area contributed by atoms with Gasteiger partial charge in [-0.25, -0.2) is 4.98 Å². The molecule has 0 unspecified atom stereocenters. The number of hydrogen-bond donors (Lipinski definition) is 0. The van der Waals surface area contributed by atoms with Crippen LogP contribution in [-0.4, -0.2) is 23.5 Å². The molecule has 2 heterocycles. The fraction of sp³-hybridized carbons (Fsp3) is 0.158. The topological polar surface area (TPSA) is 66.5 Å². The number of aromatic nitrogens is 2. The van der Waals surface area contributed by atoms with Crippen LogP contribution in [0.25, 0.3) is 21.9 Å². The molecule has 4 aromatic rings. The molecule has 0 radical (unpaired) electrons. The first-order chi connectivity index (χ1) is 12.3. The summed E-state index contributed by atoms with van der Waals surface area (Å²) in [5.41, 5.74) is 1.73. The standard InChI is InChI=1S/C19H16N2O4/c1-23-12-24-16-7-6-13(10-21-9-8-20-11-21)17-18(22)14-4-2-3-5-15(14)25-19(16)17/h2-9,11H,10,12H2,1H3. The molecule has 2 aromatic carbocycles. The lowest BCUT2D eigenvalue weighted by Gasteiger charge is -2.12. The Labute approximate surface area is 143 Å². The van der Waals surface area contributed by atoms with Gasteiger partial charge in [-0.05, 0) is 23.8 Å². The van der Waals surface area contributed by atoms with Crippen LogP contribution in [0, 0.1) is 0 Å². The molecule has 0 bridgehead atoms. The number of imidazole rings is 1. The van der Waals surface area contributed by atoms with E-state index in [9.17, 15) is 4.79 Å². The van der Waals surface area contributed by atoms with Gasteiger partial charge in [0.25, 0.3) is 0 Å². The third-order valence-electron chi connectivity index (χ3n) is 4.02. The first-order valence-corrected chi connectivity index (χ1v) is 7.83. The quantitative estimate of drug-likeness (QED) is 0.414. The maximum Gasteiger partial charge on any atom is 0.201 e. The van der Waals surface area contributed by atoms with Gasteiger partial charge < -0.3 is 18.5 Å². The highest BCUT2D eigenvalue weighted by Crippen LogP contribution is 2.30. The van der Waals surface area contributed by atoms with E-state index < -0.39 is 0 Å². The van der Waals surface area contributed by atoms with Crippen molar-refractivity contribution in [3.63, 3.8) is 0 Å². The molecule has 0 aliphatic carbocycles. The number of benzene rings is 2. The second-order valence-corrected chi connectivity index (χ2v) is 5.64. The van der Waals surface area contributed by atoms with Crippen molar-refractivity contribution in [3.05, 3.63) is 70.9 Å². The molecular weight excluding hydrogens is 320 g/mol. The summed E-state index contributed by atoms with van der Waals surface area (Å²) in [6, 6.07) is 10.9. The fourth-order valence-corrected chi connectivity index (χ4v) is 2.89. The van der Waals surface area contributed by atoms with Crippen LogP contribution in [0.3, 0.4) is 0 Å². The highest BCUT2D eigenvalue weighted by molar-refractivity contribution is 5.94. The molecule has 0 N–H and O–H groups in total. The van der Waals surface area contributed by atoms with E-state index in [1.165, 1.54) is 0 Å². The van der Waals surface area contributed by atoms with E-state index in [2.05, 4.69) is 4.98 Å². The molecule has 0 saturated carbocycles. The molecular formula is C19H16N2O4.